The van der Waals surface area contributed by atoms with Crippen molar-refractivity contribution in [3.05, 3.63) is 46.0 Å². The van der Waals surface area contributed by atoms with E-state index in [4.69, 9.17) is 4.74 Å². The van der Waals surface area contributed by atoms with Crippen LogP contribution in [0.2, 0.25) is 0 Å². The van der Waals surface area contributed by atoms with Crippen molar-refractivity contribution < 1.29 is 9.13 Å². The molecule has 2 heterocycles. The molecular weight excluding hydrogens is 418 g/mol. The lowest BCUT2D eigenvalue weighted by atomic mass is 10.1. The molecular formula is C20H27Cl2FN4O2. The second kappa shape index (κ2) is 10.4. The topological polar surface area (TPSA) is 59.4 Å². The molecule has 29 heavy (non-hydrogen) atoms. The predicted octanol–water partition coefficient (Wildman–Crippen LogP) is 2.72. The van der Waals surface area contributed by atoms with Crippen molar-refractivity contribution in [2.45, 2.75) is 25.9 Å². The Morgan fingerprint density at radius 3 is 2.55 bits per heavy atom. The maximum atomic E-state index is 14.2. The Morgan fingerprint density at radius 2 is 1.93 bits per heavy atom. The lowest BCUT2D eigenvalue weighted by molar-refractivity contribution is 0.231. The van der Waals surface area contributed by atoms with Crippen LogP contribution in [-0.4, -0.2) is 48.0 Å². The minimum atomic E-state index is -0.430. The Hall–Kier alpha value is -1.67. The first kappa shape index (κ1) is 23.6. The van der Waals surface area contributed by atoms with E-state index in [-0.39, 0.29) is 36.1 Å². The van der Waals surface area contributed by atoms with E-state index in [1.54, 1.807) is 16.8 Å². The van der Waals surface area contributed by atoms with Gasteiger partial charge in [0.1, 0.15) is 0 Å². The molecule has 1 aliphatic carbocycles. The third kappa shape index (κ3) is 5.69. The third-order valence-electron chi connectivity index (χ3n) is 5.23. The second-order valence-electron chi connectivity index (χ2n) is 7.36. The molecule has 0 atom stereocenters. The molecule has 4 rings (SSSR count). The first-order valence-corrected chi connectivity index (χ1v) is 9.52. The minimum absolute atomic E-state index is 0. The SMILES string of the molecule is COc1ccc(-c2cc(CN3CCNCC3)c(=O)n(CC3CC3)n2)cc1F.Cl.Cl. The Labute approximate surface area is 182 Å². The standard InChI is InChI=1S/C20H25FN4O2.2ClH/c1-27-19-5-4-15(10-17(19)21)18-11-16(13-24-8-6-22-7-9-24)20(26)25(23-18)12-14-2-3-14;;/h4-5,10-11,14,22H,2-3,6-9,12-13H2,1H3;2*1H. The van der Waals surface area contributed by atoms with Crippen molar-refractivity contribution in [1.29, 1.82) is 0 Å². The molecule has 1 aromatic heterocycles. The van der Waals surface area contributed by atoms with Crippen LogP contribution < -0.4 is 15.6 Å². The van der Waals surface area contributed by atoms with Crippen LogP contribution >= 0.6 is 24.8 Å². The van der Waals surface area contributed by atoms with Crippen molar-refractivity contribution in [3.8, 4) is 17.0 Å². The number of nitrogens with one attached hydrogen (secondary N) is 1. The zero-order valence-corrected chi connectivity index (χ0v) is 18.0. The van der Waals surface area contributed by atoms with Gasteiger partial charge < -0.3 is 10.1 Å². The number of halogens is 3. The molecule has 2 aliphatic rings. The van der Waals surface area contributed by atoms with Crippen LogP contribution in [-0.2, 0) is 13.1 Å². The fourth-order valence-electron chi connectivity index (χ4n) is 3.46. The van der Waals surface area contributed by atoms with Gasteiger partial charge in [0.2, 0.25) is 0 Å². The molecule has 0 spiro atoms. The predicted molar refractivity (Wildman–Crippen MR) is 116 cm³/mol. The van der Waals surface area contributed by atoms with Gasteiger partial charge in [0.15, 0.2) is 11.6 Å². The quantitative estimate of drug-likeness (QED) is 0.741. The minimum Gasteiger partial charge on any atom is -0.494 e. The molecule has 6 nitrogen and oxygen atoms in total. The van der Waals surface area contributed by atoms with Crippen LogP contribution in [0.3, 0.4) is 0 Å². The maximum Gasteiger partial charge on any atom is 0.271 e. The van der Waals surface area contributed by atoms with Crippen LogP contribution in [0.1, 0.15) is 18.4 Å². The summed E-state index contributed by atoms with van der Waals surface area (Å²) in [6, 6.07) is 6.61. The fourth-order valence-corrected chi connectivity index (χ4v) is 3.46. The lowest BCUT2D eigenvalue weighted by Gasteiger charge is -2.27. The van der Waals surface area contributed by atoms with Crippen molar-refractivity contribution in [1.82, 2.24) is 20.0 Å². The van der Waals surface area contributed by atoms with Gasteiger partial charge in [0.05, 0.1) is 12.8 Å². The summed E-state index contributed by atoms with van der Waals surface area (Å²) in [6.07, 6.45) is 2.28. The van der Waals surface area contributed by atoms with Gasteiger partial charge in [0.25, 0.3) is 5.56 Å². The molecule has 1 saturated carbocycles. The highest BCUT2D eigenvalue weighted by Crippen LogP contribution is 2.30. The highest BCUT2D eigenvalue weighted by molar-refractivity contribution is 5.85. The Morgan fingerprint density at radius 1 is 1.21 bits per heavy atom. The van der Waals surface area contributed by atoms with Gasteiger partial charge in [-0.3, -0.25) is 9.69 Å². The summed E-state index contributed by atoms with van der Waals surface area (Å²) in [6.45, 7) is 4.92. The molecule has 2 aromatic rings. The second-order valence-corrected chi connectivity index (χ2v) is 7.36. The van der Waals surface area contributed by atoms with Gasteiger partial charge in [0, 0.05) is 50.4 Å². The van der Waals surface area contributed by atoms with E-state index < -0.39 is 5.82 Å². The van der Waals surface area contributed by atoms with Gasteiger partial charge in [-0.15, -0.1) is 24.8 Å². The van der Waals surface area contributed by atoms with E-state index in [0.29, 0.717) is 30.3 Å². The van der Waals surface area contributed by atoms with Crippen LogP contribution in [0.25, 0.3) is 11.3 Å². The van der Waals surface area contributed by atoms with Crippen molar-refractivity contribution in [3.63, 3.8) is 0 Å². The van der Waals surface area contributed by atoms with Crippen molar-refractivity contribution in [2.24, 2.45) is 5.92 Å². The first-order valence-electron chi connectivity index (χ1n) is 9.52. The number of hydrogen-bond acceptors (Lipinski definition) is 5. The summed E-state index contributed by atoms with van der Waals surface area (Å²) in [5.41, 5.74) is 1.97. The van der Waals surface area contributed by atoms with Gasteiger partial charge in [-0.1, -0.05) is 0 Å². The number of aromatic nitrogens is 2. The molecule has 1 aliphatic heterocycles. The Kier molecular flexibility index (Phi) is 8.46. The van der Waals surface area contributed by atoms with Gasteiger partial charge in [-0.25, -0.2) is 9.07 Å². The van der Waals surface area contributed by atoms with Crippen LogP contribution in [0.15, 0.2) is 29.1 Å². The third-order valence-corrected chi connectivity index (χ3v) is 5.23. The van der Waals surface area contributed by atoms with E-state index in [1.165, 1.54) is 13.2 Å². The van der Waals surface area contributed by atoms with Crippen molar-refractivity contribution >= 4 is 24.8 Å². The van der Waals surface area contributed by atoms with Crippen LogP contribution in [0, 0.1) is 11.7 Å². The summed E-state index contributed by atoms with van der Waals surface area (Å²) in [4.78, 5) is 15.2. The summed E-state index contributed by atoms with van der Waals surface area (Å²) in [7, 11) is 1.44. The molecule has 0 radical (unpaired) electrons. The zero-order chi connectivity index (χ0) is 18.8. The molecule has 0 bridgehead atoms. The fraction of sp³-hybridized carbons (Fsp3) is 0.500. The van der Waals surface area contributed by atoms with Crippen LogP contribution in [0.5, 0.6) is 5.75 Å². The van der Waals surface area contributed by atoms with E-state index >= 15 is 0 Å². The summed E-state index contributed by atoms with van der Waals surface area (Å²) in [5.74, 6) is 0.302. The number of rotatable bonds is 6. The van der Waals surface area contributed by atoms with E-state index in [2.05, 4.69) is 15.3 Å². The average Bonchev–Trinajstić information content (AvgIpc) is 3.49. The first-order chi connectivity index (χ1) is 13.1. The maximum absolute atomic E-state index is 14.2. The Balaban J connectivity index is 0.00000150. The number of hydrogen-bond donors (Lipinski definition) is 1. The number of ether oxygens (including phenoxy) is 1. The summed E-state index contributed by atoms with van der Waals surface area (Å²) < 4.78 is 20.7. The molecule has 2 fully saturated rings. The highest BCUT2D eigenvalue weighted by Gasteiger charge is 2.24. The molecule has 160 valence electrons. The summed E-state index contributed by atoms with van der Waals surface area (Å²) in [5, 5.41) is 7.86. The highest BCUT2D eigenvalue weighted by atomic mass is 35.5. The molecule has 0 amide bonds. The largest absolute Gasteiger partial charge is 0.494 e. The number of methoxy groups -OCH3 is 1. The zero-order valence-electron chi connectivity index (χ0n) is 16.4. The van der Waals surface area contributed by atoms with Gasteiger partial charge in [-0.05, 0) is 43.0 Å². The molecule has 0 unspecified atom stereocenters. The molecule has 1 N–H and O–H groups in total. The molecule has 1 saturated heterocycles. The number of nitrogens with zero attached hydrogens (tertiary/aromatic N) is 3. The van der Waals surface area contributed by atoms with E-state index in [0.717, 1.165) is 44.6 Å². The number of benzene rings is 1. The smallest absolute Gasteiger partial charge is 0.271 e. The molecule has 9 heteroatoms. The lowest BCUT2D eigenvalue weighted by Crippen LogP contribution is -2.44. The van der Waals surface area contributed by atoms with E-state index in [9.17, 15) is 9.18 Å². The molecule has 1 aromatic carbocycles. The summed E-state index contributed by atoms with van der Waals surface area (Å²) >= 11 is 0. The van der Waals surface area contributed by atoms with Gasteiger partial charge in [-0.2, -0.15) is 5.10 Å². The monoisotopic (exact) mass is 444 g/mol. The van der Waals surface area contributed by atoms with Crippen molar-refractivity contribution in [2.75, 3.05) is 33.3 Å². The number of piperazine rings is 1. The average molecular weight is 445 g/mol. The van der Waals surface area contributed by atoms with Crippen LogP contribution in [0.4, 0.5) is 4.39 Å². The Bertz CT molecular complexity index is 883. The van der Waals surface area contributed by atoms with Gasteiger partial charge >= 0.3 is 0 Å². The van der Waals surface area contributed by atoms with E-state index in [1.807, 2.05) is 6.07 Å². The normalized spacial score (nSPS) is 16.6.